The molecule has 0 spiro atoms. The average Bonchev–Trinajstić information content (AvgIpc) is 2.78. The van der Waals surface area contributed by atoms with Gasteiger partial charge in [0.25, 0.3) is 0 Å². The number of carbonyl (C=O) groups excluding carboxylic acids is 1. The summed E-state index contributed by atoms with van der Waals surface area (Å²) in [6.45, 7) is 7.74. The van der Waals surface area contributed by atoms with Crippen molar-refractivity contribution in [3.05, 3.63) is 35.0 Å². The van der Waals surface area contributed by atoms with E-state index in [9.17, 15) is 9.90 Å². The van der Waals surface area contributed by atoms with Crippen molar-refractivity contribution in [1.82, 2.24) is 9.78 Å². The van der Waals surface area contributed by atoms with E-state index in [-0.39, 0.29) is 18.1 Å². The first-order valence-electron chi connectivity index (χ1n) is 7.01. The molecule has 6 heteroatoms. The lowest BCUT2D eigenvalue weighted by Gasteiger charge is -2.22. The molecule has 0 saturated carbocycles. The predicted molar refractivity (Wildman–Crippen MR) is 85.3 cm³/mol. The van der Waals surface area contributed by atoms with Gasteiger partial charge in [-0.3, -0.25) is 4.68 Å². The standard InChI is InChI=1S/C16H19ClN2O3/c1-5-22-15(21)12-14(20)13(19(18-12)16(2,3)4)10-6-8-11(17)9-7-10/h6-9,20H,5H2,1-4H3. The number of hydrogen-bond acceptors (Lipinski definition) is 4. The Morgan fingerprint density at radius 2 is 1.91 bits per heavy atom. The third-order valence-electron chi connectivity index (χ3n) is 3.08. The third-order valence-corrected chi connectivity index (χ3v) is 3.33. The highest BCUT2D eigenvalue weighted by atomic mass is 35.5. The minimum atomic E-state index is -0.641. The van der Waals surface area contributed by atoms with E-state index >= 15 is 0 Å². The summed E-state index contributed by atoms with van der Waals surface area (Å²) in [5.41, 5.74) is 0.686. The summed E-state index contributed by atoms with van der Waals surface area (Å²) in [5, 5.41) is 15.3. The molecule has 0 unspecified atom stereocenters. The summed E-state index contributed by atoms with van der Waals surface area (Å²) < 4.78 is 6.57. The number of ether oxygens (including phenoxy) is 1. The SMILES string of the molecule is CCOC(=O)c1nn(C(C)(C)C)c(-c2ccc(Cl)cc2)c1O. The summed E-state index contributed by atoms with van der Waals surface area (Å²) in [6.07, 6.45) is 0. The molecule has 0 radical (unpaired) electrons. The van der Waals surface area contributed by atoms with Gasteiger partial charge in [-0.05, 0) is 39.8 Å². The van der Waals surface area contributed by atoms with Crippen LogP contribution < -0.4 is 0 Å². The summed E-state index contributed by atoms with van der Waals surface area (Å²) in [5.74, 6) is -0.825. The van der Waals surface area contributed by atoms with Gasteiger partial charge in [-0.25, -0.2) is 4.79 Å². The topological polar surface area (TPSA) is 64.3 Å². The van der Waals surface area contributed by atoms with Crippen molar-refractivity contribution in [2.24, 2.45) is 0 Å². The number of aromatic hydroxyl groups is 1. The van der Waals surface area contributed by atoms with Gasteiger partial charge in [0.1, 0.15) is 5.69 Å². The van der Waals surface area contributed by atoms with E-state index in [1.807, 2.05) is 20.8 Å². The molecule has 2 rings (SSSR count). The van der Waals surface area contributed by atoms with Crippen molar-refractivity contribution in [2.75, 3.05) is 6.61 Å². The lowest BCUT2D eigenvalue weighted by molar-refractivity contribution is 0.0514. The van der Waals surface area contributed by atoms with Crippen LogP contribution in [0.2, 0.25) is 5.02 Å². The van der Waals surface area contributed by atoms with Crippen molar-refractivity contribution in [1.29, 1.82) is 0 Å². The number of halogens is 1. The molecule has 0 fully saturated rings. The second-order valence-electron chi connectivity index (χ2n) is 5.86. The van der Waals surface area contributed by atoms with Crippen molar-refractivity contribution >= 4 is 17.6 Å². The summed E-state index contributed by atoms with van der Waals surface area (Å²) in [6, 6.07) is 6.99. The molecule has 0 aliphatic heterocycles. The minimum Gasteiger partial charge on any atom is -0.504 e. The Bertz CT molecular complexity index is 685. The first-order valence-corrected chi connectivity index (χ1v) is 7.39. The van der Waals surface area contributed by atoms with Gasteiger partial charge in [0.15, 0.2) is 5.75 Å². The normalized spacial score (nSPS) is 11.5. The Kier molecular flexibility index (Phi) is 4.47. The van der Waals surface area contributed by atoms with E-state index in [1.165, 1.54) is 0 Å². The van der Waals surface area contributed by atoms with Crippen LogP contribution in [0.1, 0.15) is 38.2 Å². The molecule has 0 saturated heterocycles. The van der Waals surface area contributed by atoms with Crippen LogP contribution in [0.25, 0.3) is 11.3 Å². The fourth-order valence-electron chi connectivity index (χ4n) is 2.10. The maximum Gasteiger partial charge on any atom is 0.362 e. The number of rotatable bonds is 3. The summed E-state index contributed by atoms with van der Waals surface area (Å²) >= 11 is 5.91. The molecule has 5 nitrogen and oxygen atoms in total. The molecule has 22 heavy (non-hydrogen) atoms. The molecule has 118 valence electrons. The van der Waals surface area contributed by atoms with Crippen LogP contribution in [-0.2, 0) is 10.3 Å². The van der Waals surface area contributed by atoms with Crippen LogP contribution in [-0.4, -0.2) is 27.5 Å². The molecule has 0 aliphatic rings. The average molecular weight is 323 g/mol. The number of carbonyl (C=O) groups is 1. The van der Waals surface area contributed by atoms with Gasteiger partial charge in [-0.15, -0.1) is 0 Å². The van der Waals surface area contributed by atoms with E-state index in [4.69, 9.17) is 16.3 Å². The number of benzene rings is 1. The van der Waals surface area contributed by atoms with Gasteiger partial charge in [-0.1, -0.05) is 23.7 Å². The third kappa shape index (κ3) is 3.09. The van der Waals surface area contributed by atoms with Crippen LogP contribution in [0.4, 0.5) is 0 Å². The zero-order chi connectivity index (χ0) is 16.5. The monoisotopic (exact) mass is 322 g/mol. The lowest BCUT2D eigenvalue weighted by Crippen LogP contribution is -2.24. The minimum absolute atomic E-state index is 0.0817. The number of hydrogen-bond donors (Lipinski definition) is 1. The van der Waals surface area contributed by atoms with Crippen LogP contribution in [0.5, 0.6) is 5.75 Å². The highest BCUT2D eigenvalue weighted by Gasteiger charge is 2.29. The second-order valence-corrected chi connectivity index (χ2v) is 6.29. The smallest absolute Gasteiger partial charge is 0.362 e. The van der Waals surface area contributed by atoms with Crippen LogP contribution in [0.3, 0.4) is 0 Å². The summed E-state index contributed by atoms with van der Waals surface area (Å²) in [4.78, 5) is 12.0. The van der Waals surface area contributed by atoms with E-state index < -0.39 is 11.5 Å². The second kappa shape index (κ2) is 6.01. The van der Waals surface area contributed by atoms with Crippen LogP contribution in [0, 0.1) is 0 Å². The van der Waals surface area contributed by atoms with Crippen LogP contribution >= 0.6 is 11.6 Å². The van der Waals surface area contributed by atoms with Crippen molar-refractivity contribution in [2.45, 2.75) is 33.2 Å². The maximum atomic E-state index is 12.0. The van der Waals surface area contributed by atoms with Gasteiger partial charge in [0.05, 0.1) is 12.1 Å². The molecule has 0 bridgehead atoms. The Hall–Kier alpha value is -2.01. The highest BCUT2D eigenvalue weighted by molar-refractivity contribution is 6.30. The fourth-order valence-corrected chi connectivity index (χ4v) is 2.22. The Morgan fingerprint density at radius 1 is 1.32 bits per heavy atom. The first kappa shape index (κ1) is 16.4. The van der Waals surface area contributed by atoms with Gasteiger partial charge in [-0.2, -0.15) is 5.10 Å². The number of nitrogens with zero attached hydrogens (tertiary/aromatic N) is 2. The van der Waals surface area contributed by atoms with Gasteiger partial charge < -0.3 is 9.84 Å². The predicted octanol–water partition coefficient (Wildman–Crippen LogP) is 3.84. The molecule has 0 aliphatic carbocycles. The molecule has 1 aromatic carbocycles. The molecule has 1 aromatic heterocycles. The maximum absolute atomic E-state index is 12.0. The quantitative estimate of drug-likeness (QED) is 0.872. The van der Waals surface area contributed by atoms with Crippen molar-refractivity contribution in [3.8, 4) is 17.0 Å². The molecule has 0 atom stereocenters. The highest BCUT2D eigenvalue weighted by Crippen LogP contribution is 2.36. The molecule has 2 aromatic rings. The van der Waals surface area contributed by atoms with Gasteiger partial charge >= 0.3 is 5.97 Å². The first-order chi connectivity index (χ1) is 10.3. The van der Waals surface area contributed by atoms with Crippen molar-refractivity contribution < 1.29 is 14.6 Å². The lowest BCUT2D eigenvalue weighted by atomic mass is 10.1. The Morgan fingerprint density at radius 3 is 2.41 bits per heavy atom. The molecular weight excluding hydrogens is 304 g/mol. The molecule has 1 heterocycles. The van der Waals surface area contributed by atoms with Gasteiger partial charge in [0.2, 0.25) is 5.69 Å². The van der Waals surface area contributed by atoms with E-state index in [2.05, 4.69) is 5.10 Å². The molecule has 1 N–H and O–H groups in total. The van der Waals surface area contributed by atoms with Gasteiger partial charge in [0, 0.05) is 10.6 Å². The zero-order valence-electron chi connectivity index (χ0n) is 13.1. The van der Waals surface area contributed by atoms with E-state index in [0.717, 1.165) is 5.56 Å². The molecule has 0 amide bonds. The fraction of sp³-hybridized carbons (Fsp3) is 0.375. The summed E-state index contributed by atoms with van der Waals surface area (Å²) in [7, 11) is 0. The Labute approximate surface area is 134 Å². The van der Waals surface area contributed by atoms with E-state index in [1.54, 1.807) is 35.9 Å². The number of esters is 1. The Balaban J connectivity index is 2.65. The van der Waals surface area contributed by atoms with E-state index in [0.29, 0.717) is 10.7 Å². The van der Waals surface area contributed by atoms with Crippen LogP contribution in [0.15, 0.2) is 24.3 Å². The van der Waals surface area contributed by atoms with Crippen molar-refractivity contribution in [3.63, 3.8) is 0 Å². The largest absolute Gasteiger partial charge is 0.504 e. The zero-order valence-corrected chi connectivity index (χ0v) is 13.8. The number of aromatic nitrogens is 2. The molecular formula is C16H19ClN2O3.